The van der Waals surface area contributed by atoms with E-state index < -0.39 is 0 Å². The molecule has 0 aliphatic rings. The van der Waals surface area contributed by atoms with Crippen molar-refractivity contribution < 1.29 is 5.11 Å². The summed E-state index contributed by atoms with van der Waals surface area (Å²) in [5.74, 6) is 0.902. The van der Waals surface area contributed by atoms with E-state index in [9.17, 15) is 5.11 Å². The molecule has 0 spiro atoms. The van der Waals surface area contributed by atoms with Crippen LogP contribution in [0.25, 0.3) is 0 Å². The highest BCUT2D eigenvalue weighted by molar-refractivity contribution is 5.56. The van der Waals surface area contributed by atoms with Gasteiger partial charge < -0.3 is 16.2 Å². The molecule has 1 aromatic rings. The maximum Gasteiger partial charge on any atom is 0.138 e. The van der Waals surface area contributed by atoms with Gasteiger partial charge in [-0.1, -0.05) is 19.9 Å². The Balaban J connectivity index is 2.67. The number of benzene rings is 1. The van der Waals surface area contributed by atoms with Gasteiger partial charge in [-0.05, 0) is 36.5 Å². The minimum absolute atomic E-state index is 0.189. The van der Waals surface area contributed by atoms with Gasteiger partial charge in [0, 0.05) is 13.1 Å². The molecule has 90 valence electrons. The Kier molecular flexibility index (Phi) is 4.62. The molecule has 1 aromatic carbocycles. The van der Waals surface area contributed by atoms with Crippen molar-refractivity contribution >= 4 is 5.69 Å². The summed E-state index contributed by atoms with van der Waals surface area (Å²) in [5.41, 5.74) is 7.97. The zero-order chi connectivity index (χ0) is 12.1. The van der Waals surface area contributed by atoms with Gasteiger partial charge in [-0.25, -0.2) is 0 Å². The number of phenols is 1. The first-order chi connectivity index (χ1) is 7.52. The average Bonchev–Trinajstić information content (AvgIpc) is 2.19. The highest BCUT2D eigenvalue weighted by Gasteiger charge is 2.08. The fourth-order valence-electron chi connectivity index (χ4n) is 1.90. The molecule has 0 saturated carbocycles. The van der Waals surface area contributed by atoms with Crippen LogP contribution in [0.2, 0.25) is 0 Å². The van der Waals surface area contributed by atoms with Crippen LogP contribution in [0, 0.1) is 5.92 Å². The second-order valence-electron chi connectivity index (χ2n) is 4.70. The molecule has 16 heavy (non-hydrogen) atoms. The minimum atomic E-state index is 0.189. The fraction of sp³-hybridized carbons (Fsp3) is 0.538. The Morgan fingerprint density at radius 1 is 1.38 bits per heavy atom. The maximum atomic E-state index is 9.52. The van der Waals surface area contributed by atoms with Crippen LogP contribution in [0.1, 0.15) is 25.8 Å². The summed E-state index contributed by atoms with van der Waals surface area (Å²) >= 11 is 0. The van der Waals surface area contributed by atoms with Gasteiger partial charge in [-0.3, -0.25) is 0 Å². The number of anilines is 1. The summed E-state index contributed by atoms with van der Waals surface area (Å²) in [6.07, 6.45) is 1.88. The summed E-state index contributed by atoms with van der Waals surface area (Å²) in [7, 11) is 1.80. The van der Waals surface area contributed by atoms with Gasteiger partial charge in [-0.2, -0.15) is 0 Å². The number of nitrogens with two attached hydrogens (primary N) is 1. The zero-order valence-corrected chi connectivity index (χ0v) is 10.3. The molecular formula is C13H22N2O. The van der Waals surface area contributed by atoms with Crippen molar-refractivity contribution in [1.29, 1.82) is 0 Å². The van der Waals surface area contributed by atoms with E-state index in [1.807, 2.05) is 12.1 Å². The van der Waals surface area contributed by atoms with Crippen LogP contribution in [0.4, 0.5) is 5.69 Å². The van der Waals surface area contributed by atoms with Crippen LogP contribution < -0.4 is 11.1 Å². The largest absolute Gasteiger partial charge is 0.506 e. The van der Waals surface area contributed by atoms with Crippen LogP contribution in [0.3, 0.4) is 0 Å². The number of hydrogen-bond acceptors (Lipinski definition) is 3. The van der Waals surface area contributed by atoms with Crippen LogP contribution >= 0.6 is 0 Å². The third-order valence-corrected chi connectivity index (χ3v) is 2.60. The summed E-state index contributed by atoms with van der Waals surface area (Å²) in [6, 6.07) is 5.78. The molecule has 0 aromatic heterocycles. The van der Waals surface area contributed by atoms with E-state index >= 15 is 0 Å². The van der Waals surface area contributed by atoms with E-state index in [1.54, 1.807) is 13.1 Å². The second-order valence-corrected chi connectivity index (χ2v) is 4.70. The highest BCUT2D eigenvalue weighted by Crippen LogP contribution is 2.24. The smallest absolute Gasteiger partial charge is 0.138 e. The average molecular weight is 222 g/mol. The van der Waals surface area contributed by atoms with Crippen molar-refractivity contribution in [2.24, 2.45) is 11.7 Å². The highest BCUT2D eigenvalue weighted by atomic mass is 16.3. The molecular weight excluding hydrogens is 200 g/mol. The van der Waals surface area contributed by atoms with Gasteiger partial charge in [0.05, 0.1) is 5.69 Å². The van der Waals surface area contributed by atoms with Crippen LogP contribution in [-0.2, 0) is 6.42 Å². The Morgan fingerprint density at radius 2 is 2.06 bits per heavy atom. The van der Waals surface area contributed by atoms with Gasteiger partial charge in [0.2, 0.25) is 0 Å². The predicted molar refractivity (Wildman–Crippen MR) is 68.8 cm³/mol. The molecule has 4 N–H and O–H groups in total. The molecule has 0 radical (unpaired) electrons. The summed E-state index contributed by atoms with van der Waals surface area (Å²) in [4.78, 5) is 0. The van der Waals surface area contributed by atoms with Gasteiger partial charge in [0.15, 0.2) is 0 Å². The van der Waals surface area contributed by atoms with Gasteiger partial charge in [0.25, 0.3) is 0 Å². The van der Waals surface area contributed by atoms with Gasteiger partial charge >= 0.3 is 0 Å². The Bertz CT molecular complexity index is 337. The Morgan fingerprint density at radius 3 is 2.62 bits per heavy atom. The van der Waals surface area contributed by atoms with Crippen molar-refractivity contribution in [1.82, 2.24) is 0 Å². The summed E-state index contributed by atoms with van der Waals surface area (Å²) in [5, 5.41) is 12.5. The molecule has 0 aliphatic carbocycles. The van der Waals surface area contributed by atoms with Gasteiger partial charge in [0.1, 0.15) is 5.75 Å². The first-order valence-corrected chi connectivity index (χ1v) is 5.78. The van der Waals surface area contributed by atoms with E-state index in [-0.39, 0.29) is 11.8 Å². The molecule has 0 amide bonds. The fourth-order valence-corrected chi connectivity index (χ4v) is 1.90. The molecule has 0 bridgehead atoms. The lowest BCUT2D eigenvalue weighted by atomic mass is 9.98. The third-order valence-electron chi connectivity index (χ3n) is 2.60. The lowest BCUT2D eigenvalue weighted by molar-refractivity contribution is 0.476. The predicted octanol–water partition coefficient (Wildman–Crippen LogP) is 2.35. The monoisotopic (exact) mass is 222 g/mol. The second kappa shape index (κ2) is 5.75. The topological polar surface area (TPSA) is 58.3 Å². The molecule has 1 rings (SSSR count). The molecule has 3 heteroatoms. The number of rotatable bonds is 5. The first kappa shape index (κ1) is 12.8. The summed E-state index contributed by atoms with van der Waals surface area (Å²) in [6.45, 7) is 4.35. The maximum absolute atomic E-state index is 9.52. The Hall–Kier alpha value is -1.22. The SMILES string of the molecule is CNc1cc(CC(N)CC(C)C)ccc1O. The minimum Gasteiger partial charge on any atom is -0.506 e. The first-order valence-electron chi connectivity index (χ1n) is 5.78. The molecule has 1 unspecified atom stereocenters. The van der Waals surface area contributed by atoms with Crippen LogP contribution in [0.15, 0.2) is 18.2 Å². The molecule has 1 atom stereocenters. The van der Waals surface area contributed by atoms with Crippen molar-refractivity contribution in [3.63, 3.8) is 0 Å². The lowest BCUT2D eigenvalue weighted by Crippen LogP contribution is -2.24. The molecule has 0 fully saturated rings. The van der Waals surface area contributed by atoms with E-state index in [4.69, 9.17) is 5.73 Å². The van der Waals surface area contributed by atoms with Crippen molar-refractivity contribution in [2.45, 2.75) is 32.7 Å². The zero-order valence-electron chi connectivity index (χ0n) is 10.3. The van der Waals surface area contributed by atoms with Gasteiger partial charge in [-0.15, -0.1) is 0 Å². The van der Waals surface area contributed by atoms with E-state index in [0.717, 1.165) is 24.1 Å². The summed E-state index contributed by atoms with van der Waals surface area (Å²) < 4.78 is 0. The number of phenolic OH excluding ortho intramolecular Hbond substituents is 1. The standard InChI is InChI=1S/C13H22N2O/c1-9(2)6-11(14)7-10-4-5-13(16)12(8-10)15-3/h4-5,8-9,11,15-16H,6-7,14H2,1-3H3. The van der Waals surface area contributed by atoms with Crippen molar-refractivity contribution in [3.05, 3.63) is 23.8 Å². The Labute approximate surface area is 97.7 Å². The van der Waals surface area contributed by atoms with Crippen molar-refractivity contribution in [2.75, 3.05) is 12.4 Å². The molecule has 3 nitrogen and oxygen atoms in total. The number of hydrogen-bond donors (Lipinski definition) is 3. The van der Waals surface area contributed by atoms with Crippen LogP contribution in [0.5, 0.6) is 5.75 Å². The normalized spacial score (nSPS) is 12.8. The van der Waals surface area contributed by atoms with E-state index in [1.165, 1.54) is 0 Å². The lowest BCUT2D eigenvalue weighted by Gasteiger charge is -2.15. The number of aromatic hydroxyl groups is 1. The van der Waals surface area contributed by atoms with Crippen molar-refractivity contribution in [3.8, 4) is 5.75 Å². The number of nitrogens with one attached hydrogen (secondary N) is 1. The molecule has 0 saturated heterocycles. The third kappa shape index (κ3) is 3.74. The van der Waals surface area contributed by atoms with E-state index in [0.29, 0.717) is 5.92 Å². The van der Waals surface area contributed by atoms with E-state index in [2.05, 4.69) is 19.2 Å². The molecule has 0 heterocycles. The quantitative estimate of drug-likeness (QED) is 0.670. The molecule has 0 aliphatic heterocycles. The van der Waals surface area contributed by atoms with Crippen LogP contribution in [-0.4, -0.2) is 18.2 Å².